The maximum absolute atomic E-state index is 5.49. The molecule has 0 fully saturated rings. The highest BCUT2D eigenvalue weighted by Crippen LogP contribution is 2.10. The van der Waals surface area contributed by atoms with E-state index in [1.54, 1.807) is 16.0 Å². The zero-order chi connectivity index (χ0) is 10.7. The zero-order valence-corrected chi connectivity index (χ0v) is 9.29. The van der Waals surface area contributed by atoms with Crippen LogP contribution in [0, 0.1) is 0 Å². The van der Waals surface area contributed by atoms with Gasteiger partial charge < -0.3 is 11.1 Å². The number of nitrogens with zero attached hydrogens (tertiary/aromatic N) is 3. The summed E-state index contributed by atoms with van der Waals surface area (Å²) in [6, 6.07) is 1.93. The predicted octanol–water partition coefficient (Wildman–Crippen LogP) is 0.947. The highest BCUT2D eigenvalue weighted by atomic mass is 32.1. The van der Waals surface area contributed by atoms with Gasteiger partial charge in [-0.05, 0) is 0 Å². The van der Waals surface area contributed by atoms with E-state index in [0.29, 0.717) is 13.1 Å². The molecule has 0 bridgehead atoms. The van der Waals surface area contributed by atoms with Crippen LogP contribution < -0.4 is 11.1 Å². The Morgan fingerprint density at radius 3 is 3.07 bits per heavy atom. The Labute approximate surface area is 91.9 Å². The van der Waals surface area contributed by atoms with Crippen molar-refractivity contribution in [2.45, 2.75) is 13.1 Å². The van der Waals surface area contributed by atoms with Crippen molar-refractivity contribution in [1.82, 2.24) is 14.8 Å². The third kappa shape index (κ3) is 2.54. The third-order valence-corrected chi connectivity index (χ3v) is 2.86. The summed E-state index contributed by atoms with van der Waals surface area (Å²) in [6.07, 6.45) is 1.90. The van der Waals surface area contributed by atoms with E-state index in [1.165, 1.54) is 0 Å². The molecule has 0 saturated carbocycles. The summed E-state index contributed by atoms with van der Waals surface area (Å²) in [5.41, 5.74) is 6.49. The summed E-state index contributed by atoms with van der Waals surface area (Å²) < 4.78 is 1.76. The number of aromatic nitrogens is 3. The van der Waals surface area contributed by atoms with E-state index in [0.717, 1.165) is 16.5 Å². The van der Waals surface area contributed by atoms with Gasteiger partial charge in [-0.3, -0.25) is 4.68 Å². The van der Waals surface area contributed by atoms with Gasteiger partial charge in [0.25, 0.3) is 0 Å². The van der Waals surface area contributed by atoms with Gasteiger partial charge in [0, 0.05) is 31.2 Å². The molecule has 6 heteroatoms. The van der Waals surface area contributed by atoms with Crippen LogP contribution >= 0.6 is 11.3 Å². The lowest BCUT2D eigenvalue weighted by atomic mass is 10.4. The van der Waals surface area contributed by atoms with Gasteiger partial charge in [-0.25, -0.2) is 4.98 Å². The van der Waals surface area contributed by atoms with Crippen molar-refractivity contribution in [3.8, 4) is 0 Å². The highest BCUT2D eigenvalue weighted by molar-refractivity contribution is 7.09. The monoisotopic (exact) mass is 223 g/mol. The van der Waals surface area contributed by atoms with Crippen molar-refractivity contribution in [3.05, 3.63) is 28.3 Å². The number of hydrogen-bond acceptors (Lipinski definition) is 5. The fourth-order valence-corrected chi connectivity index (χ4v) is 1.89. The number of hydrogen-bond donors (Lipinski definition) is 2. The lowest BCUT2D eigenvalue weighted by Gasteiger charge is -1.98. The molecule has 0 aliphatic heterocycles. The summed E-state index contributed by atoms with van der Waals surface area (Å²) in [5.74, 6) is 0.861. The molecule has 2 aromatic heterocycles. The molecule has 5 nitrogen and oxygen atoms in total. The van der Waals surface area contributed by atoms with Crippen molar-refractivity contribution in [2.75, 3.05) is 5.32 Å². The molecule has 3 N–H and O–H groups in total. The number of anilines is 1. The van der Waals surface area contributed by atoms with Gasteiger partial charge >= 0.3 is 0 Å². The normalized spacial score (nSPS) is 10.5. The summed E-state index contributed by atoms with van der Waals surface area (Å²) in [6.45, 7) is 1.20. The Kier molecular flexibility index (Phi) is 2.98. The maximum Gasteiger partial charge on any atom is 0.148 e. The van der Waals surface area contributed by atoms with E-state index >= 15 is 0 Å². The van der Waals surface area contributed by atoms with Gasteiger partial charge in [-0.15, -0.1) is 11.3 Å². The van der Waals surface area contributed by atoms with E-state index in [4.69, 9.17) is 5.73 Å². The van der Waals surface area contributed by atoms with Crippen molar-refractivity contribution in [1.29, 1.82) is 0 Å². The third-order valence-electron chi connectivity index (χ3n) is 1.94. The molecular weight excluding hydrogens is 210 g/mol. The Bertz CT molecular complexity index is 433. The number of rotatable bonds is 4. The fraction of sp³-hybridized carbons (Fsp3) is 0.333. The van der Waals surface area contributed by atoms with Crippen LogP contribution in [0.5, 0.6) is 0 Å². The second-order valence-corrected chi connectivity index (χ2v) is 4.11. The van der Waals surface area contributed by atoms with Gasteiger partial charge in [0.05, 0.1) is 12.2 Å². The van der Waals surface area contributed by atoms with Crippen LogP contribution in [-0.4, -0.2) is 14.8 Å². The van der Waals surface area contributed by atoms with E-state index in [1.807, 2.05) is 24.7 Å². The minimum absolute atomic E-state index is 0.508. The van der Waals surface area contributed by atoms with Gasteiger partial charge in [-0.1, -0.05) is 0 Å². The summed E-state index contributed by atoms with van der Waals surface area (Å²) in [7, 11) is 1.89. The molecule has 0 radical (unpaired) electrons. The molecule has 0 spiro atoms. The van der Waals surface area contributed by atoms with Crippen LogP contribution in [0.3, 0.4) is 0 Å². The lowest BCUT2D eigenvalue weighted by Crippen LogP contribution is -2.02. The zero-order valence-electron chi connectivity index (χ0n) is 8.47. The highest BCUT2D eigenvalue weighted by Gasteiger charge is 2.01. The Morgan fingerprint density at radius 1 is 1.60 bits per heavy atom. The standard InChI is InChI=1S/C9H13N5S/c1-14-3-2-8(13-14)11-5-7-6-15-9(4-10)12-7/h2-3,6H,4-5,10H2,1H3,(H,11,13). The fourth-order valence-electron chi connectivity index (χ4n) is 1.21. The smallest absolute Gasteiger partial charge is 0.148 e. The molecule has 80 valence electrons. The minimum atomic E-state index is 0.508. The molecule has 15 heavy (non-hydrogen) atoms. The minimum Gasteiger partial charge on any atom is -0.363 e. The van der Waals surface area contributed by atoms with Crippen molar-refractivity contribution < 1.29 is 0 Å². The van der Waals surface area contributed by atoms with Crippen molar-refractivity contribution >= 4 is 17.2 Å². The second-order valence-electron chi connectivity index (χ2n) is 3.16. The van der Waals surface area contributed by atoms with Crippen LogP contribution in [0.15, 0.2) is 17.6 Å². The van der Waals surface area contributed by atoms with Crippen molar-refractivity contribution in [2.24, 2.45) is 12.8 Å². The molecule has 0 atom stereocenters. The predicted molar refractivity (Wildman–Crippen MR) is 60.5 cm³/mol. The van der Waals surface area contributed by atoms with Gasteiger partial charge in [0.1, 0.15) is 10.8 Å². The van der Waals surface area contributed by atoms with Crippen LogP contribution in [0.2, 0.25) is 0 Å². The Hall–Kier alpha value is -1.40. The summed E-state index contributed by atoms with van der Waals surface area (Å²) >= 11 is 1.59. The molecule has 0 aliphatic rings. The molecule has 0 aromatic carbocycles. The van der Waals surface area contributed by atoms with Crippen LogP contribution in [0.4, 0.5) is 5.82 Å². The number of nitrogens with two attached hydrogens (primary N) is 1. The van der Waals surface area contributed by atoms with E-state index in [-0.39, 0.29) is 0 Å². The van der Waals surface area contributed by atoms with Crippen LogP contribution in [0.25, 0.3) is 0 Å². The van der Waals surface area contributed by atoms with Gasteiger partial charge in [0.2, 0.25) is 0 Å². The number of nitrogens with one attached hydrogen (secondary N) is 1. The summed E-state index contributed by atoms with van der Waals surface area (Å²) in [4.78, 5) is 4.35. The molecular formula is C9H13N5S. The second kappa shape index (κ2) is 4.41. The van der Waals surface area contributed by atoms with E-state index in [2.05, 4.69) is 15.4 Å². The molecule has 2 heterocycles. The SMILES string of the molecule is Cn1ccc(NCc2csc(CN)n2)n1. The first kappa shape index (κ1) is 10.1. The van der Waals surface area contributed by atoms with Crippen molar-refractivity contribution in [3.63, 3.8) is 0 Å². The molecule has 2 rings (SSSR count). The molecule has 0 unspecified atom stereocenters. The molecule has 2 aromatic rings. The quantitative estimate of drug-likeness (QED) is 0.809. The van der Waals surface area contributed by atoms with Crippen LogP contribution in [0.1, 0.15) is 10.7 Å². The number of thiazole rings is 1. The Morgan fingerprint density at radius 2 is 2.47 bits per heavy atom. The number of aryl methyl sites for hydroxylation is 1. The average Bonchev–Trinajstić information content (AvgIpc) is 2.83. The topological polar surface area (TPSA) is 68.8 Å². The first-order valence-corrected chi connectivity index (χ1v) is 5.53. The lowest BCUT2D eigenvalue weighted by molar-refractivity contribution is 0.768. The average molecular weight is 223 g/mol. The molecule has 0 amide bonds. The Balaban J connectivity index is 1.93. The van der Waals surface area contributed by atoms with Gasteiger partial charge in [-0.2, -0.15) is 5.10 Å². The molecule has 0 saturated heterocycles. The van der Waals surface area contributed by atoms with E-state index < -0.39 is 0 Å². The molecule has 0 aliphatic carbocycles. The largest absolute Gasteiger partial charge is 0.363 e. The van der Waals surface area contributed by atoms with Gasteiger partial charge in [0.15, 0.2) is 0 Å². The first-order chi connectivity index (χ1) is 7.28. The van der Waals surface area contributed by atoms with E-state index in [9.17, 15) is 0 Å². The van der Waals surface area contributed by atoms with Crippen LogP contribution in [-0.2, 0) is 20.1 Å². The first-order valence-electron chi connectivity index (χ1n) is 4.65. The maximum atomic E-state index is 5.49. The summed E-state index contributed by atoms with van der Waals surface area (Å²) in [5, 5.41) is 10.4.